The van der Waals surface area contributed by atoms with Gasteiger partial charge in [0.2, 0.25) is 0 Å². The molecule has 0 aliphatic carbocycles. The summed E-state index contributed by atoms with van der Waals surface area (Å²) in [6.45, 7) is 4.40. The lowest BCUT2D eigenvalue weighted by molar-refractivity contribution is 0.0734. The summed E-state index contributed by atoms with van der Waals surface area (Å²) in [4.78, 5) is 21.2. The Hall–Kier alpha value is -3.08. The number of carbonyl (C=O) groups excluding carboxylic acids is 1. The average molecular weight is 491 g/mol. The highest BCUT2D eigenvalue weighted by Crippen LogP contribution is 2.24. The third kappa shape index (κ3) is 8.85. The third-order valence-corrected chi connectivity index (χ3v) is 6.42. The first-order valence-electron chi connectivity index (χ1n) is 13.5. The van der Waals surface area contributed by atoms with Gasteiger partial charge in [-0.25, -0.2) is 19.2 Å². The van der Waals surface area contributed by atoms with Gasteiger partial charge in [-0.2, -0.15) is 0 Å². The van der Waals surface area contributed by atoms with Gasteiger partial charge < -0.3 is 4.74 Å². The Bertz CT molecular complexity index is 1060. The van der Waals surface area contributed by atoms with Crippen molar-refractivity contribution in [3.05, 3.63) is 77.4 Å². The fraction of sp³-hybridized carbons (Fsp3) is 0.452. The van der Waals surface area contributed by atoms with Crippen molar-refractivity contribution in [1.82, 2.24) is 9.97 Å². The second-order valence-electron chi connectivity index (χ2n) is 9.47. The number of hydrogen-bond acceptors (Lipinski definition) is 4. The van der Waals surface area contributed by atoms with E-state index in [-0.39, 0.29) is 11.3 Å². The summed E-state index contributed by atoms with van der Waals surface area (Å²) >= 11 is 0. The molecule has 0 aliphatic heterocycles. The van der Waals surface area contributed by atoms with E-state index in [1.54, 1.807) is 36.7 Å². The molecule has 0 saturated carbocycles. The molecule has 3 aromatic rings. The first kappa shape index (κ1) is 27.5. The zero-order valence-corrected chi connectivity index (χ0v) is 21.8. The molecular weight excluding hydrogens is 451 g/mol. The molecule has 0 amide bonds. The number of halogens is 1. The summed E-state index contributed by atoms with van der Waals surface area (Å²) in [5.74, 6) is -0.549. The maximum Gasteiger partial charge on any atom is 0.343 e. The van der Waals surface area contributed by atoms with E-state index in [0.29, 0.717) is 11.4 Å². The molecule has 0 saturated heterocycles. The number of benzene rings is 2. The summed E-state index contributed by atoms with van der Waals surface area (Å²) < 4.78 is 20.2. The first-order valence-corrected chi connectivity index (χ1v) is 13.5. The van der Waals surface area contributed by atoms with Gasteiger partial charge in [0.25, 0.3) is 0 Å². The molecule has 3 rings (SSSR count). The van der Waals surface area contributed by atoms with Crippen LogP contribution in [0.1, 0.15) is 99.5 Å². The van der Waals surface area contributed by atoms with Crippen molar-refractivity contribution in [3.63, 3.8) is 0 Å². The van der Waals surface area contributed by atoms with Crippen molar-refractivity contribution >= 4 is 5.97 Å². The van der Waals surface area contributed by atoms with Gasteiger partial charge in [0.15, 0.2) is 5.82 Å². The Balaban J connectivity index is 1.50. The van der Waals surface area contributed by atoms with E-state index in [9.17, 15) is 9.18 Å². The van der Waals surface area contributed by atoms with E-state index in [4.69, 9.17) is 4.74 Å². The summed E-state index contributed by atoms with van der Waals surface area (Å²) in [5.41, 5.74) is 2.99. The first-order chi connectivity index (χ1) is 17.6. The van der Waals surface area contributed by atoms with Gasteiger partial charge in [0, 0.05) is 18.5 Å². The summed E-state index contributed by atoms with van der Waals surface area (Å²) in [6, 6.07) is 11.8. The molecule has 0 unspecified atom stereocenters. The van der Waals surface area contributed by atoms with E-state index >= 15 is 0 Å². The van der Waals surface area contributed by atoms with Gasteiger partial charge in [0.05, 0.1) is 11.1 Å². The molecule has 4 nitrogen and oxygen atoms in total. The maximum absolute atomic E-state index is 14.8. The summed E-state index contributed by atoms with van der Waals surface area (Å²) in [5, 5.41) is 0. The summed E-state index contributed by atoms with van der Waals surface area (Å²) in [6.07, 6.45) is 17.8. The molecule has 0 aliphatic rings. The van der Waals surface area contributed by atoms with Crippen LogP contribution in [0, 0.1) is 5.82 Å². The lowest BCUT2D eigenvalue weighted by atomic mass is 10.0. The Kier molecular flexibility index (Phi) is 11.6. The number of ether oxygens (including phenoxy) is 1. The fourth-order valence-electron chi connectivity index (χ4n) is 4.20. The van der Waals surface area contributed by atoms with Gasteiger partial charge in [-0.1, -0.05) is 77.3 Å². The third-order valence-electron chi connectivity index (χ3n) is 6.42. The van der Waals surface area contributed by atoms with E-state index in [1.807, 2.05) is 12.1 Å². The van der Waals surface area contributed by atoms with Crippen molar-refractivity contribution < 1.29 is 13.9 Å². The number of rotatable bonds is 15. The Morgan fingerprint density at radius 3 is 2.00 bits per heavy atom. The van der Waals surface area contributed by atoms with Crippen LogP contribution in [0.5, 0.6) is 5.75 Å². The molecule has 0 radical (unpaired) electrons. The van der Waals surface area contributed by atoms with Crippen LogP contribution in [0.3, 0.4) is 0 Å². The van der Waals surface area contributed by atoms with Crippen LogP contribution >= 0.6 is 0 Å². The standard InChI is InChI=1S/C31H39FN2O2/c1-3-5-7-8-9-10-12-13-24-15-17-26(18-16-24)31(35)36-27-19-20-28(29(32)21-27)30-33-22-25(23-34-30)14-11-6-4-2/h15-23H,3-14H2,1-2H3. The van der Waals surface area contributed by atoms with Gasteiger partial charge in [-0.15, -0.1) is 0 Å². The Morgan fingerprint density at radius 2 is 1.33 bits per heavy atom. The quantitative estimate of drug-likeness (QED) is 0.122. The topological polar surface area (TPSA) is 52.1 Å². The number of carbonyl (C=O) groups is 1. The normalized spacial score (nSPS) is 11.0. The van der Waals surface area contributed by atoms with Crippen molar-refractivity contribution in [2.24, 2.45) is 0 Å². The minimum absolute atomic E-state index is 0.157. The zero-order chi connectivity index (χ0) is 25.6. The number of unbranched alkanes of at least 4 members (excludes halogenated alkanes) is 8. The number of aryl methyl sites for hydroxylation is 2. The molecule has 0 N–H and O–H groups in total. The van der Waals surface area contributed by atoms with E-state index < -0.39 is 11.8 Å². The van der Waals surface area contributed by atoms with Crippen molar-refractivity contribution in [1.29, 1.82) is 0 Å². The SMILES string of the molecule is CCCCCCCCCc1ccc(C(=O)Oc2ccc(-c3ncc(CCCCC)cn3)c(F)c2)cc1. The van der Waals surface area contributed by atoms with Gasteiger partial charge in [-0.3, -0.25) is 0 Å². The second kappa shape index (κ2) is 15.1. The molecule has 0 bridgehead atoms. The highest BCUT2D eigenvalue weighted by atomic mass is 19.1. The Morgan fingerprint density at radius 1 is 0.750 bits per heavy atom. The number of aromatic nitrogens is 2. The number of nitrogens with zero attached hydrogens (tertiary/aromatic N) is 2. The molecule has 0 fully saturated rings. The largest absolute Gasteiger partial charge is 0.423 e. The van der Waals surface area contributed by atoms with Crippen molar-refractivity contribution in [3.8, 4) is 17.1 Å². The molecule has 36 heavy (non-hydrogen) atoms. The maximum atomic E-state index is 14.8. The summed E-state index contributed by atoms with van der Waals surface area (Å²) in [7, 11) is 0. The van der Waals surface area contributed by atoms with Crippen LogP contribution < -0.4 is 4.74 Å². The number of esters is 1. The van der Waals surface area contributed by atoms with E-state index in [1.165, 1.54) is 56.6 Å². The van der Waals surface area contributed by atoms with Gasteiger partial charge in [-0.05, 0) is 61.1 Å². The molecule has 0 atom stereocenters. The molecule has 1 aromatic heterocycles. The van der Waals surface area contributed by atoms with Crippen LogP contribution in [0.15, 0.2) is 54.9 Å². The average Bonchev–Trinajstić information content (AvgIpc) is 2.89. The Labute approximate surface area is 215 Å². The minimum Gasteiger partial charge on any atom is -0.423 e. The van der Waals surface area contributed by atoms with Crippen LogP contribution in [0.2, 0.25) is 0 Å². The lowest BCUT2D eigenvalue weighted by Crippen LogP contribution is -2.09. The fourth-order valence-corrected chi connectivity index (χ4v) is 4.20. The van der Waals surface area contributed by atoms with Crippen molar-refractivity contribution in [2.45, 2.75) is 90.9 Å². The van der Waals surface area contributed by atoms with Crippen LogP contribution in [-0.2, 0) is 12.8 Å². The molecule has 5 heteroatoms. The van der Waals surface area contributed by atoms with E-state index in [0.717, 1.165) is 37.7 Å². The second-order valence-corrected chi connectivity index (χ2v) is 9.47. The lowest BCUT2D eigenvalue weighted by Gasteiger charge is -2.08. The monoisotopic (exact) mass is 490 g/mol. The van der Waals surface area contributed by atoms with Crippen LogP contribution in [0.25, 0.3) is 11.4 Å². The molecule has 0 spiro atoms. The highest BCUT2D eigenvalue weighted by molar-refractivity contribution is 5.91. The minimum atomic E-state index is -0.524. The predicted molar refractivity (Wildman–Crippen MR) is 144 cm³/mol. The molecular formula is C31H39FN2O2. The highest BCUT2D eigenvalue weighted by Gasteiger charge is 2.13. The number of hydrogen-bond donors (Lipinski definition) is 0. The van der Waals surface area contributed by atoms with Gasteiger partial charge in [0.1, 0.15) is 11.6 Å². The zero-order valence-electron chi connectivity index (χ0n) is 21.8. The molecule has 1 heterocycles. The van der Waals surface area contributed by atoms with Crippen LogP contribution in [0.4, 0.5) is 4.39 Å². The smallest absolute Gasteiger partial charge is 0.343 e. The van der Waals surface area contributed by atoms with E-state index in [2.05, 4.69) is 23.8 Å². The van der Waals surface area contributed by atoms with Crippen LogP contribution in [-0.4, -0.2) is 15.9 Å². The predicted octanol–water partition coefficient (Wildman–Crippen LogP) is 8.53. The molecule has 2 aromatic carbocycles. The molecule has 192 valence electrons. The van der Waals surface area contributed by atoms with Gasteiger partial charge >= 0.3 is 5.97 Å². The van der Waals surface area contributed by atoms with Crippen molar-refractivity contribution in [2.75, 3.05) is 0 Å².